The lowest BCUT2D eigenvalue weighted by molar-refractivity contribution is -0.145. The molecule has 5 N–H and O–H groups in total. The van der Waals surface area contributed by atoms with E-state index in [0.29, 0.717) is 31.6 Å². The molecule has 1 saturated heterocycles. The fourth-order valence-corrected chi connectivity index (χ4v) is 3.99. The summed E-state index contributed by atoms with van der Waals surface area (Å²) in [6.45, 7) is 7.86. The molecule has 3 amide bonds. The predicted molar refractivity (Wildman–Crippen MR) is 121 cm³/mol. The summed E-state index contributed by atoms with van der Waals surface area (Å²) in [7, 11) is 0. The van der Waals surface area contributed by atoms with Crippen LogP contribution in [-0.4, -0.2) is 76.4 Å². The molecule has 5 atom stereocenters. The summed E-state index contributed by atoms with van der Waals surface area (Å²) in [4.78, 5) is 51.6. The summed E-state index contributed by atoms with van der Waals surface area (Å²) >= 11 is 1.50. The minimum Gasteiger partial charge on any atom is -0.480 e. The van der Waals surface area contributed by atoms with Crippen LogP contribution in [0.3, 0.4) is 0 Å². The molecule has 0 aromatic heterocycles. The van der Waals surface area contributed by atoms with Gasteiger partial charge >= 0.3 is 5.97 Å². The molecule has 0 aromatic rings. The molecule has 5 unspecified atom stereocenters. The van der Waals surface area contributed by atoms with E-state index >= 15 is 0 Å². The van der Waals surface area contributed by atoms with Crippen molar-refractivity contribution in [3.05, 3.63) is 0 Å². The molecule has 0 bridgehead atoms. The van der Waals surface area contributed by atoms with Crippen molar-refractivity contribution in [1.29, 1.82) is 0 Å². The predicted octanol–water partition coefficient (Wildman–Crippen LogP) is 0.814. The zero-order valence-electron chi connectivity index (χ0n) is 19.2. The third-order valence-electron chi connectivity index (χ3n) is 5.85. The third-order valence-corrected chi connectivity index (χ3v) is 6.50. The van der Waals surface area contributed by atoms with Gasteiger partial charge in [0.2, 0.25) is 17.7 Å². The normalized spacial score (nSPS) is 20.1. The van der Waals surface area contributed by atoms with Crippen LogP contribution in [0.4, 0.5) is 0 Å². The molecule has 1 heterocycles. The van der Waals surface area contributed by atoms with Gasteiger partial charge in [-0.25, -0.2) is 4.79 Å². The van der Waals surface area contributed by atoms with Gasteiger partial charge in [-0.15, -0.1) is 0 Å². The fourth-order valence-electron chi connectivity index (χ4n) is 3.52. The Morgan fingerprint density at radius 3 is 2.35 bits per heavy atom. The molecular formula is C21H38N4O5S. The number of hydrogen-bond acceptors (Lipinski definition) is 6. The summed E-state index contributed by atoms with van der Waals surface area (Å²) in [6.07, 6.45) is 4.01. The Kier molecular flexibility index (Phi) is 11.3. The third kappa shape index (κ3) is 7.68. The van der Waals surface area contributed by atoms with Crippen molar-refractivity contribution < 1.29 is 24.3 Å². The molecule has 0 saturated carbocycles. The minimum absolute atomic E-state index is 0.0255. The standard InChI is InChI=1S/C21H38N4O5S/c1-6-13(4)16(22)19(27)24-17(12(2)3)20(28)25-10-7-8-15(25)18(26)23-14(21(29)30)9-11-31-5/h12-17H,6-11,22H2,1-5H3,(H,23,26)(H,24,27)(H,29,30). The smallest absolute Gasteiger partial charge is 0.326 e. The van der Waals surface area contributed by atoms with E-state index in [9.17, 15) is 24.3 Å². The van der Waals surface area contributed by atoms with Crippen LogP contribution >= 0.6 is 11.8 Å². The molecule has 0 aromatic carbocycles. The number of thioether (sulfide) groups is 1. The first-order valence-corrected chi connectivity index (χ1v) is 12.3. The van der Waals surface area contributed by atoms with Gasteiger partial charge < -0.3 is 26.4 Å². The number of rotatable bonds is 12. The number of amides is 3. The van der Waals surface area contributed by atoms with E-state index in [2.05, 4.69) is 10.6 Å². The maximum atomic E-state index is 13.3. The summed E-state index contributed by atoms with van der Waals surface area (Å²) in [5, 5.41) is 14.7. The van der Waals surface area contributed by atoms with Crippen LogP contribution in [0.1, 0.15) is 53.4 Å². The maximum absolute atomic E-state index is 13.3. The highest BCUT2D eigenvalue weighted by atomic mass is 32.2. The molecule has 1 aliphatic heterocycles. The van der Waals surface area contributed by atoms with Gasteiger partial charge in [0.15, 0.2) is 0 Å². The van der Waals surface area contributed by atoms with Gasteiger partial charge in [0.25, 0.3) is 0 Å². The van der Waals surface area contributed by atoms with Crippen LogP contribution in [0, 0.1) is 11.8 Å². The number of carbonyl (C=O) groups excluding carboxylic acids is 3. The molecule has 1 aliphatic rings. The number of carboxylic acid groups (broad SMARTS) is 1. The van der Waals surface area contributed by atoms with Gasteiger partial charge in [0.05, 0.1) is 6.04 Å². The van der Waals surface area contributed by atoms with Crippen LogP contribution in [0.2, 0.25) is 0 Å². The summed E-state index contributed by atoms with van der Waals surface area (Å²) in [6, 6.07) is -3.26. The first-order chi connectivity index (χ1) is 14.5. The minimum atomic E-state index is -1.09. The summed E-state index contributed by atoms with van der Waals surface area (Å²) in [5.41, 5.74) is 6.01. The topological polar surface area (TPSA) is 142 Å². The van der Waals surface area contributed by atoms with E-state index in [1.807, 2.05) is 34.0 Å². The van der Waals surface area contributed by atoms with Crippen molar-refractivity contribution in [3.8, 4) is 0 Å². The first-order valence-electron chi connectivity index (χ1n) is 10.9. The van der Waals surface area contributed by atoms with Gasteiger partial charge in [-0.05, 0) is 43.1 Å². The van der Waals surface area contributed by atoms with Gasteiger partial charge in [0, 0.05) is 6.54 Å². The highest BCUT2D eigenvalue weighted by molar-refractivity contribution is 7.98. The van der Waals surface area contributed by atoms with E-state index in [4.69, 9.17) is 5.73 Å². The summed E-state index contributed by atoms with van der Waals surface area (Å²) in [5.74, 6) is -1.91. The highest BCUT2D eigenvalue weighted by Crippen LogP contribution is 2.21. The first kappa shape index (κ1) is 27.2. The number of likely N-dealkylation sites (tertiary alicyclic amines) is 1. The van der Waals surface area contributed by atoms with Gasteiger partial charge in [-0.2, -0.15) is 11.8 Å². The van der Waals surface area contributed by atoms with Crippen LogP contribution in [0.15, 0.2) is 0 Å². The Hall–Kier alpha value is -1.81. The van der Waals surface area contributed by atoms with Crippen LogP contribution in [0.5, 0.6) is 0 Å². The van der Waals surface area contributed by atoms with E-state index in [-0.39, 0.29) is 23.7 Å². The number of aliphatic carboxylic acids is 1. The molecule has 10 heteroatoms. The monoisotopic (exact) mass is 458 g/mol. The van der Waals surface area contributed by atoms with Gasteiger partial charge in [-0.1, -0.05) is 34.1 Å². The van der Waals surface area contributed by atoms with Crippen molar-refractivity contribution in [2.45, 2.75) is 77.5 Å². The average molecular weight is 459 g/mol. The number of hydrogen-bond donors (Lipinski definition) is 4. The van der Waals surface area contributed by atoms with Crippen molar-refractivity contribution >= 4 is 35.5 Å². The quantitative estimate of drug-likeness (QED) is 0.339. The number of carboxylic acids is 1. The van der Waals surface area contributed by atoms with Crippen molar-refractivity contribution in [2.24, 2.45) is 17.6 Å². The second-order valence-electron chi connectivity index (χ2n) is 8.51. The Morgan fingerprint density at radius 2 is 1.84 bits per heavy atom. The SMILES string of the molecule is CCC(C)C(N)C(=O)NC(C(=O)N1CCCC1C(=O)NC(CCSC)C(=O)O)C(C)C. The largest absolute Gasteiger partial charge is 0.480 e. The second kappa shape index (κ2) is 12.9. The Labute approximate surface area is 189 Å². The molecule has 0 aliphatic carbocycles. The lowest BCUT2D eigenvalue weighted by Crippen LogP contribution is -2.58. The zero-order chi connectivity index (χ0) is 23.7. The van der Waals surface area contributed by atoms with E-state index in [0.717, 1.165) is 6.42 Å². The van der Waals surface area contributed by atoms with Crippen LogP contribution in [0.25, 0.3) is 0 Å². The maximum Gasteiger partial charge on any atom is 0.326 e. The highest BCUT2D eigenvalue weighted by Gasteiger charge is 2.40. The number of nitrogens with one attached hydrogen (secondary N) is 2. The molecule has 1 rings (SSSR count). The van der Waals surface area contributed by atoms with Crippen molar-refractivity contribution in [3.63, 3.8) is 0 Å². The molecule has 9 nitrogen and oxygen atoms in total. The van der Waals surface area contributed by atoms with Crippen molar-refractivity contribution in [2.75, 3.05) is 18.6 Å². The zero-order valence-corrected chi connectivity index (χ0v) is 20.0. The molecule has 31 heavy (non-hydrogen) atoms. The second-order valence-corrected chi connectivity index (χ2v) is 9.50. The molecule has 178 valence electrons. The fraction of sp³-hybridized carbons (Fsp3) is 0.810. The van der Waals surface area contributed by atoms with Gasteiger partial charge in [-0.3, -0.25) is 14.4 Å². The van der Waals surface area contributed by atoms with Crippen LogP contribution in [-0.2, 0) is 19.2 Å². The Bertz CT molecular complexity index is 645. The van der Waals surface area contributed by atoms with Gasteiger partial charge in [0.1, 0.15) is 18.1 Å². The lowest BCUT2D eigenvalue weighted by Gasteiger charge is -2.32. The molecule has 0 radical (unpaired) electrons. The molecule has 0 spiro atoms. The molecule has 1 fully saturated rings. The van der Waals surface area contributed by atoms with E-state index in [1.54, 1.807) is 0 Å². The molecular weight excluding hydrogens is 420 g/mol. The average Bonchev–Trinajstić information content (AvgIpc) is 3.22. The Balaban J connectivity index is 2.91. The van der Waals surface area contributed by atoms with E-state index in [1.165, 1.54) is 16.7 Å². The van der Waals surface area contributed by atoms with Crippen LogP contribution < -0.4 is 16.4 Å². The lowest BCUT2D eigenvalue weighted by atomic mass is 9.97. The van der Waals surface area contributed by atoms with Crippen molar-refractivity contribution in [1.82, 2.24) is 15.5 Å². The van der Waals surface area contributed by atoms with E-state index < -0.39 is 36.0 Å². The summed E-state index contributed by atoms with van der Waals surface area (Å²) < 4.78 is 0. The Morgan fingerprint density at radius 1 is 1.19 bits per heavy atom. The number of carbonyl (C=O) groups is 4. The number of nitrogens with two attached hydrogens (primary N) is 1. The number of nitrogens with zero attached hydrogens (tertiary/aromatic N) is 1.